The highest BCUT2D eigenvalue weighted by Gasteiger charge is 2.26. The first-order chi connectivity index (χ1) is 13.0. The third-order valence-corrected chi connectivity index (χ3v) is 4.77. The third-order valence-electron chi connectivity index (χ3n) is 4.36. The molecule has 0 unspecified atom stereocenters. The number of amides is 2. The van der Waals surface area contributed by atoms with Crippen molar-refractivity contribution in [1.82, 2.24) is 0 Å². The van der Waals surface area contributed by atoms with Crippen LogP contribution in [0.25, 0.3) is 0 Å². The van der Waals surface area contributed by atoms with Crippen LogP contribution >= 0.6 is 11.6 Å². The van der Waals surface area contributed by atoms with Gasteiger partial charge in [-0.3, -0.25) is 9.59 Å². The Labute approximate surface area is 162 Å². The number of nitrogens with one attached hydrogen (secondary N) is 1. The Hall–Kier alpha value is -2.86. The lowest BCUT2D eigenvalue weighted by atomic mass is 10.1. The molecule has 1 aliphatic heterocycles. The lowest BCUT2D eigenvalue weighted by Gasteiger charge is -2.18. The summed E-state index contributed by atoms with van der Waals surface area (Å²) in [6, 6.07) is 11.9. The number of anilines is 2. The molecule has 0 atom stereocenters. The highest BCUT2D eigenvalue weighted by atomic mass is 35.5. The Morgan fingerprint density at radius 2 is 1.96 bits per heavy atom. The number of halogens is 1. The average Bonchev–Trinajstić information content (AvgIpc) is 3.09. The summed E-state index contributed by atoms with van der Waals surface area (Å²) in [7, 11) is 0. The van der Waals surface area contributed by atoms with Gasteiger partial charge in [-0.2, -0.15) is 0 Å². The van der Waals surface area contributed by atoms with Gasteiger partial charge in [0.05, 0.1) is 11.3 Å². The fourth-order valence-electron chi connectivity index (χ4n) is 2.92. The Balaban J connectivity index is 1.65. The van der Waals surface area contributed by atoms with E-state index in [1.807, 2.05) is 0 Å². The van der Waals surface area contributed by atoms with Crippen LogP contribution in [0.4, 0.5) is 11.4 Å². The number of carbonyl (C=O) groups is 3. The van der Waals surface area contributed by atoms with E-state index in [0.717, 1.165) is 12.0 Å². The molecule has 1 fully saturated rings. The molecule has 2 aromatic carbocycles. The minimum Gasteiger partial charge on any atom is -0.452 e. The van der Waals surface area contributed by atoms with Crippen molar-refractivity contribution in [3.8, 4) is 0 Å². The van der Waals surface area contributed by atoms with E-state index < -0.39 is 18.5 Å². The molecule has 1 N–H and O–H groups in total. The van der Waals surface area contributed by atoms with Crippen LogP contribution < -0.4 is 10.2 Å². The first-order valence-corrected chi connectivity index (χ1v) is 8.96. The maximum Gasteiger partial charge on any atom is 0.340 e. The maximum atomic E-state index is 12.4. The molecule has 0 saturated carbocycles. The fourth-order valence-corrected chi connectivity index (χ4v) is 3.10. The summed E-state index contributed by atoms with van der Waals surface area (Å²) >= 11 is 6.03. The summed E-state index contributed by atoms with van der Waals surface area (Å²) < 4.78 is 5.15. The van der Waals surface area contributed by atoms with Crippen LogP contribution in [0.15, 0.2) is 42.5 Å². The van der Waals surface area contributed by atoms with Crippen molar-refractivity contribution in [3.63, 3.8) is 0 Å². The van der Waals surface area contributed by atoms with Gasteiger partial charge in [-0.25, -0.2) is 4.79 Å². The molecular weight excluding hydrogens is 368 g/mol. The first-order valence-electron chi connectivity index (χ1n) is 8.59. The van der Waals surface area contributed by atoms with Crippen LogP contribution in [0.2, 0.25) is 5.02 Å². The molecule has 2 amide bonds. The number of para-hydroxylation sites is 1. The predicted molar refractivity (Wildman–Crippen MR) is 103 cm³/mol. The first kappa shape index (κ1) is 18.9. The molecule has 2 aromatic rings. The molecule has 1 aliphatic rings. The van der Waals surface area contributed by atoms with Gasteiger partial charge >= 0.3 is 5.97 Å². The largest absolute Gasteiger partial charge is 0.452 e. The summed E-state index contributed by atoms with van der Waals surface area (Å²) in [6.45, 7) is 1.91. The predicted octanol–water partition coefficient (Wildman–Crippen LogP) is 3.57. The molecule has 0 aliphatic carbocycles. The molecule has 1 saturated heterocycles. The van der Waals surface area contributed by atoms with Crippen LogP contribution in [0, 0.1) is 6.92 Å². The van der Waals surface area contributed by atoms with Crippen LogP contribution in [0.5, 0.6) is 0 Å². The van der Waals surface area contributed by atoms with Gasteiger partial charge in [0.15, 0.2) is 6.61 Å². The molecule has 0 bridgehead atoms. The highest BCUT2D eigenvalue weighted by Crippen LogP contribution is 2.26. The smallest absolute Gasteiger partial charge is 0.340 e. The number of nitrogens with zero attached hydrogens (tertiary/aromatic N) is 1. The lowest BCUT2D eigenvalue weighted by Crippen LogP contribution is -2.27. The summed E-state index contributed by atoms with van der Waals surface area (Å²) in [4.78, 5) is 38.1. The number of hydrogen-bond acceptors (Lipinski definition) is 4. The molecule has 7 heteroatoms. The van der Waals surface area contributed by atoms with E-state index in [0.29, 0.717) is 29.4 Å². The zero-order valence-electron chi connectivity index (χ0n) is 14.8. The van der Waals surface area contributed by atoms with Gasteiger partial charge in [0, 0.05) is 23.7 Å². The monoisotopic (exact) mass is 386 g/mol. The van der Waals surface area contributed by atoms with E-state index in [-0.39, 0.29) is 11.5 Å². The van der Waals surface area contributed by atoms with Gasteiger partial charge in [0.1, 0.15) is 0 Å². The zero-order valence-corrected chi connectivity index (χ0v) is 15.6. The third kappa shape index (κ3) is 4.28. The highest BCUT2D eigenvalue weighted by molar-refractivity contribution is 6.31. The average molecular weight is 387 g/mol. The standard InChI is InChI=1S/C20H19ClN2O4/c1-13-15(21)7-4-8-16(13)22-18(24)12-27-20(26)14-6-2-3-9-17(14)23-11-5-10-19(23)25/h2-4,6-9H,5,10-12H2,1H3,(H,22,24). The van der Waals surface area contributed by atoms with Crippen molar-refractivity contribution in [2.45, 2.75) is 19.8 Å². The molecule has 1 heterocycles. The van der Waals surface area contributed by atoms with Crippen molar-refractivity contribution in [2.75, 3.05) is 23.4 Å². The Kier molecular flexibility index (Phi) is 5.76. The summed E-state index contributed by atoms with van der Waals surface area (Å²) in [5.74, 6) is -1.14. The second-order valence-electron chi connectivity index (χ2n) is 6.20. The van der Waals surface area contributed by atoms with Crippen molar-refractivity contribution in [2.24, 2.45) is 0 Å². The van der Waals surface area contributed by atoms with Crippen LogP contribution in [-0.2, 0) is 14.3 Å². The van der Waals surface area contributed by atoms with E-state index in [1.165, 1.54) is 0 Å². The number of esters is 1. The van der Waals surface area contributed by atoms with Gasteiger partial charge in [-0.15, -0.1) is 0 Å². The number of benzene rings is 2. The van der Waals surface area contributed by atoms with Crippen molar-refractivity contribution in [3.05, 3.63) is 58.6 Å². The summed E-state index contributed by atoms with van der Waals surface area (Å²) in [5, 5.41) is 3.21. The topological polar surface area (TPSA) is 75.7 Å². The zero-order chi connectivity index (χ0) is 19.4. The van der Waals surface area contributed by atoms with E-state index >= 15 is 0 Å². The Morgan fingerprint density at radius 3 is 2.70 bits per heavy atom. The normalized spacial score (nSPS) is 13.6. The second kappa shape index (κ2) is 8.22. The van der Waals surface area contributed by atoms with Gasteiger partial charge < -0.3 is 15.0 Å². The SMILES string of the molecule is Cc1c(Cl)cccc1NC(=O)COC(=O)c1ccccc1N1CCCC1=O. The minimum atomic E-state index is -0.650. The molecule has 0 aromatic heterocycles. The number of rotatable bonds is 5. The number of carbonyl (C=O) groups excluding carboxylic acids is 3. The molecule has 27 heavy (non-hydrogen) atoms. The number of ether oxygens (including phenoxy) is 1. The molecule has 6 nitrogen and oxygen atoms in total. The van der Waals surface area contributed by atoms with Crippen molar-refractivity contribution >= 4 is 40.8 Å². The lowest BCUT2D eigenvalue weighted by molar-refractivity contribution is -0.119. The molecular formula is C20H19ClN2O4. The Bertz CT molecular complexity index is 897. The van der Waals surface area contributed by atoms with Gasteiger partial charge in [-0.05, 0) is 43.2 Å². The van der Waals surface area contributed by atoms with E-state index in [9.17, 15) is 14.4 Å². The molecule has 140 valence electrons. The van der Waals surface area contributed by atoms with Crippen LogP contribution in [0.3, 0.4) is 0 Å². The summed E-state index contributed by atoms with van der Waals surface area (Å²) in [6.07, 6.45) is 1.22. The number of hydrogen-bond donors (Lipinski definition) is 1. The quantitative estimate of drug-likeness (QED) is 0.797. The molecule has 3 rings (SSSR count). The van der Waals surface area contributed by atoms with Crippen molar-refractivity contribution < 1.29 is 19.1 Å². The van der Waals surface area contributed by atoms with Crippen molar-refractivity contribution in [1.29, 1.82) is 0 Å². The fraction of sp³-hybridized carbons (Fsp3) is 0.250. The summed E-state index contributed by atoms with van der Waals surface area (Å²) in [5.41, 5.74) is 2.07. The minimum absolute atomic E-state index is 0.0237. The van der Waals surface area contributed by atoms with Crippen LogP contribution in [0.1, 0.15) is 28.8 Å². The molecule has 0 spiro atoms. The maximum absolute atomic E-state index is 12.4. The van der Waals surface area contributed by atoms with E-state index in [2.05, 4.69) is 5.32 Å². The van der Waals surface area contributed by atoms with Gasteiger partial charge in [0.2, 0.25) is 5.91 Å². The van der Waals surface area contributed by atoms with E-state index in [1.54, 1.807) is 54.3 Å². The van der Waals surface area contributed by atoms with Gasteiger partial charge in [-0.1, -0.05) is 29.8 Å². The van der Waals surface area contributed by atoms with Gasteiger partial charge in [0.25, 0.3) is 5.91 Å². The second-order valence-corrected chi connectivity index (χ2v) is 6.61. The molecule has 0 radical (unpaired) electrons. The van der Waals surface area contributed by atoms with Crippen LogP contribution in [-0.4, -0.2) is 30.9 Å². The Morgan fingerprint density at radius 1 is 1.19 bits per heavy atom. The van der Waals surface area contributed by atoms with E-state index in [4.69, 9.17) is 16.3 Å².